The molecule has 0 bridgehead atoms. The Morgan fingerprint density at radius 1 is 1.52 bits per heavy atom. The number of amides is 1. The van der Waals surface area contributed by atoms with Crippen molar-refractivity contribution in [2.45, 2.75) is 19.4 Å². The summed E-state index contributed by atoms with van der Waals surface area (Å²) >= 11 is 0. The van der Waals surface area contributed by atoms with Crippen LogP contribution < -0.4 is 10.1 Å². The second-order valence-electron chi connectivity index (χ2n) is 4.27. The highest BCUT2D eigenvalue weighted by molar-refractivity contribution is 5.80. The molecule has 0 aliphatic heterocycles. The molecule has 7 nitrogen and oxygen atoms in total. The van der Waals surface area contributed by atoms with Crippen LogP contribution in [0.2, 0.25) is 0 Å². The molecule has 0 saturated carbocycles. The van der Waals surface area contributed by atoms with Gasteiger partial charge in [0.2, 0.25) is 5.82 Å². The van der Waals surface area contributed by atoms with Crippen molar-refractivity contribution < 1.29 is 23.6 Å². The van der Waals surface area contributed by atoms with Crippen molar-refractivity contribution in [1.82, 2.24) is 5.32 Å². The molecule has 1 aromatic rings. The van der Waals surface area contributed by atoms with E-state index in [-0.39, 0.29) is 11.7 Å². The molecule has 0 radical (unpaired) electrons. The lowest BCUT2D eigenvalue weighted by molar-refractivity contribution is -0.387. The molecule has 0 aromatic heterocycles. The predicted molar refractivity (Wildman–Crippen MR) is 72.6 cm³/mol. The van der Waals surface area contributed by atoms with Crippen LogP contribution in [-0.4, -0.2) is 37.2 Å². The molecule has 0 aliphatic carbocycles. The second kappa shape index (κ2) is 8.15. The average molecular weight is 300 g/mol. The number of hydrogen-bond donors (Lipinski definition) is 1. The van der Waals surface area contributed by atoms with E-state index in [0.29, 0.717) is 19.6 Å². The third-order valence-electron chi connectivity index (χ3n) is 2.62. The normalized spacial score (nSPS) is 11.8. The predicted octanol–water partition coefficient (Wildman–Crippen LogP) is 1.65. The molecule has 0 aliphatic rings. The number of nitrogens with one attached hydrogen (secondary N) is 1. The summed E-state index contributed by atoms with van der Waals surface area (Å²) in [6.07, 6.45) is -0.172. The monoisotopic (exact) mass is 300 g/mol. The van der Waals surface area contributed by atoms with Crippen LogP contribution in [0.3, 0.4) is 0 Å². The van der Waals surface area contributed by atoms with Gasteiger partial charge in [-0.05, 0) is 19.4 Å². The Morgan fingerprint density at radius 2 is 2.24 bits per heavy atom. The Kier molecular flexibility index (Phi) is 6.54. The van der Waals surface area contributed by atoms with Gasteiger partial charge in [-0.15, -0.1) is 0 Å². The Labute approximate surface area is 121 Å². The number of nitro groups is 1. The summed E-state index contributed by atoms with van der Waals surface area (Å²) in [6.45, 7) is 2.48. The van der Waals surface area contributed by atoms with E-state index >= 15 is 0 Å². The van der Waals surface area contributed by atoms with Crippen LogP contribution in [0, 0.1) is 15.9 Å². The highest BCUT2D eigenvalue weighted by Gasteiger charge is 2.18. The van der Waals surface area contributed by atoms with E-state index < -0.39 is 22.5 Å². The lowest BCUT2D eigenvalue weighted by Crippen LogP contribution is -2.37. The van der Waals surface area contributed by atoms with Gasteiger partial charge < -0.3 is 14.8 Å². The summed E-state index contributed by atoms with van der Waals surface area (Å²) in [6, 6.07) is 3.12. The topological polar surface area (TPSA) is 90.7 Å². The van der Waals surface area contributed by atoms with E-state index in [2.05, 4.69) is 5.32 Å². The Bertz CT molecular complexity index is 509. The fourth-order valence-corrected chi connectivity index (χ4v) is 1.54. The van der Waals surface area contributed by atoms with E-state index in [1.807, 2.05) is 0 Å². The van der Waals surface area contributed by atoms with Gasteiger partial charge in [-0.25, -0.2) is 0 Å². The number of rotatable bonds is 8. The molecule has 0 spiro atoms. The zero-order chi connectivity index (χ0) is 15.8. The van der Waals surface area contributed by atoms with Gasteiger partial charge in [-0.1, -0.05) is 0 Å². The molecular formula is C13H17FN2O5. The summed E-state index contributed by atoms with van der Waals surface area (Å²) in [5.74, 6) is -1.31. The van der Waals surface area contributed by atoms with Gasteiger partial charge in [0.1, 0.15) is 5.75 Å². The van der Waals surface area contributed by atoms with Gasteiger partial charge in [0.05, 0.1) is 4.92 Å². The van der Waals surface area contributed by atoms with E-state index in [1.54, 1.807) is 7.11 Å². The minimum atomic E-state index is -1.01. The van der Waals surface area contributed by atoms with Crippen LogP contribution in [-0.2, 0) is 9.53 Å². The van der Waals surface area contributed by atoms with E-state index in [4.69, 9.17) is 9.47 Å². The zero-order valence-corrected chi connectivity index (χ0v) is 11.8. The molecule has 1 N–H and O–H groups in total. The highest BCUT2D eigenvalue weighted by atomic mass is 19.1. The summed E-state index contributed by atoms with van der Waals surface area (Å²) in [5.41, 5.74) is -0.640. The first-order valence-corrected chi connectivity index (χ1v) is 6.33. The molecule has 0 fully saturated rings. The molecule has 8 heteroatoms. The summed E-state index contributed by atoms with van der Waals surface area (Å²) in [4.78, 5) is 21.3. The minimum Gasteiger partial charge on any atom is -0.481 e. The fourth-order valence-electron chi connectivity index (χ4n) is 1.54. The summed E-state index contributed by atoms with van der Waals surface area (Å²) in [7, 11) is 1.57. The van der Waals surface area contributed by atoms with Crippen molar-refractivity contribution in [3.05, 3.63) is 34.1 Å². The minimum absolute atomic E-state index is 0.0534. The van der Waals surface area contributed by atoms with Crippen LogP contribution in [0.1, 0.15) is 13.3 Å². The van der Waals surface area contributed by atoms with Crippen molar-refractivity contribution in [2.75, 3.05) is 20.3 Å². The fraction of sp³-hybridized carbons (Fsp3) is 0.462. The number of carbonyl (C=O) groups is 1. The van der Waals surface area contributed by atoms with Crippen molar-refractivity contribution in [2.24, 2.45) is 0 Å². The van der Waals surface area contributed by atoms with Crippen LogP contribution in [0.15, 0.2) is 18.2 Å². The van der Waals surface area contributed by atoms with Gasteiger partial charge in [-0.3, -0.25) is 14.9 Å². The standard InChI is InChI=1S/C13H17FN2O5/c1-9(13(17)15-6-3-7-20-2)21-10-4-5-12(16(18)19)11(14)8-10/h4-5,8-9H,3,6-7H2,1-2H3,(H,15,17). The average Bonchev–Trinajstić information content (AvgIpc) is 2.43. The number of halogens is 1. The summed E-state index contributed by atoms with van der Waals surface area (Å²) in [5, 5.41) is 13.1. The van der Waals surface area contributed by atoms with Crippen LogP contribution in [0.25, 0.3) is 0 Å². The quantitative estimate of drug-likeness (QED) is 0.448. The number of nitro benzene ring substituents is 1. The van der Waals surface area contributed by atoms with E-state index in [9.17, 15) is 19.3 Å². The van der Waals surface area contributed by atoms with Gasteiger partial charge in [-0.2, -0.15) is 4.39 Å². The molecule has 0 saturated heterocycles. The molecule has 116 valence electrons. The van der Waals surface area contributed by atoms with Gasteiger partial charge >= 0.3 is 5.69 Å². The largest absolute Gasteiger partial charge is 0.481 e. The highest BCUT2D eigenvalue weighted by Crippen LogP contribution is 2.23. The summed E-state index contributed by atoms with van der Waals surface area (Å²) < 4.78 is 23.5. The molecule has 1 aromatic carbocycles. The van der Waals surface area contributed by atoms with Gasteiger partial charge in [0.15, 0.2) is 6.10 Å². The lowest BCUT2D eigenvalue weighted by Gasteiger charge is -2.14. The molecular weight excluding hydrogens is 283 g/mol. The van der Waals surface area contributed by atoms with E-state index in [0.717, 1.165) is 12.1 Å². The molecule has 1 atom stereocenters. The molecule has 1 unspecified atom stereocenters. The first-order chi connectivity index (χ1) is 9.95. The SMILES string of the molecule is COCCCNC(=O)C(C)Oc1ccc([N+](=O)[O-])c(F)c1. The van der Waals surface area contributed by atoms with E-state index in [1.165, 1.54) is 13.0 Å². The Hall–Kier alpha value is -2.22. The lowest BCUT2D eigenvalue weighted by atomic mass is 10.3. The number of ether oxygens (including phenoxy) is 2. The number of methoxy groups -OCH3 is 1. The maximum absolute atomic E-state index is 13.4. The number of hydrogen-bond acceptors (Lipinski definition) is 5. The van der Waals surface area contributed by atoms with Crippen LogP contribution in [0.5, 0.6) is 5.75 Å². The Balaban J connectivity index is 2.54. The number of nitrogens with zero attached hydrogens (tertiary/aromatic N) is 1. The molecule has 0 heterocycles. The van der Waals surface area contributed by atoms with Crippen molar-refractivity contribution in [3.8, 4) is 5.75 Å². The first kappa shape index (κ1) is 16.8. The maximum Gasteiger partial charge on any atom is 0.305 e. The number of benzene rings is 1. The van der Waals surface area contributed by atoms with Crippen molar-refractivity contribution >= 4 is 11.6 Å². The first-order valence-electron chi connectivity index (χ1n) is 6.33. The van der Waals surface area contributed by atoms with Crippen molar-refractivity contribution in [1.29, 1.82) is 0 Å². The van der Waals surface area contributed by atoms with Crippen LogP contribution in [0.4, 0.5) is 10.1 Å². The molecule has 21 heavy (non-hydrogen) atoms. The second-order valence-corrected chi connectivity index (χ2v) is 4.27. The maximum atomic E-state index is 13.4. The Morgan fingerprint density at radius 3 is 2.81 bits per heavy atom. The third-order valence-corrected chi connectivity index (χ3v) is 2.62. The molecule has 1 amide bonds. The number of carbonyl (C=O) groups excluding carboxylic acids is 1. The molecule has 1 rings (SSSR count). The smallest absolute Gasteiger partial charge is 0.305 e. The third kappa shape index (κ3) is 5.35. The van der Waals surface area contributed by atoms with Gasteiger partial charge in [0, 0.05) is 32.4 Å². The van der Waals surface area contributed by atoms with Crippen molar-refractivity contribution in [3.63, 3.8) is 0 Å². The van der Waals surface area contributed by atoms with Crippen LogP contribution >= 0.6 is 0 Å². The zero-order valence-electron chi connectivity index (χ0n) is 11.8. The van der Waals surface area contributed by atoms with Gasteiger partial charge in [0.25, 0.3) is 5.91 Å².